The third-order valence-corrected chi connectivity index (χ3v) is 3.64. The number of fused-ring (bicyclic) bond motifs is 1. The van der Waals surface area contributed by atoms with Crippen molar-refractivity contribution in [2.24, 2.45) is 0 Å². The SMILES string of the molecule is CO[C@@]1(O)[C@H](O)[C@@H](CO)O[C@H]1n1cnc2c(=O)[nH]c(N)nc21. The topological polar surface area (TPSA) is 169 Å². The Bertz CT molecular complexity index is 759. The number of nitrogens with two attached hydrogens (primary N) is 1. The first kappa shape index (κ1) is 14.9. The molecule has 22 heavy (non-hydrogen) atoms. The number of anilines is 1. The molecule has 3 rings (SSSR count). The number of nitrogens with zero attached hydrogens (tertiary/aromatic N) is 3. The fourth-order valence-electron chi connectivity index (χ4n) is 2.49. The molecule has 0 amide bonds. The van der Waals surface area contributed by atoms with Crippen LogP contribution >= 0.6 is 0 Å². The number of ether oxygens (including phenoxy) is 2. The molecule has 1 fully saturated rings. The highest BCUT2D eigenvalue weighted by atomic mass is 16.7. The highest BCUT2D eigenvalue weighted by molar-refractivity contribution is 5.70. The van der Waals surface area contributed by atoms with Crippen molar-refractivity contribution in [1.29, 1.82) is 0 Å². The lowest BCUT2D eigenvalue weighted by atomic mass is 10.1. The van der Waals surface area contributed by atoms with E-state index in [1.165, 1.54) is 18.0 Å². The van der Waals surface area contributed by atoms with Gasteiger partial charge in [-0.1, -0.05) is 0 Å². The van der Waals surface area contributed by atoms with E-state index >= 15 is 0 Å². The summed E-state index contributed by atoms with van der Waals surface area (Å²) in [6.07, 6.45) is -2.66. The summed E-state index contributed by atoms with van der Waals surface area (Å²) in [5, 5.41) is 29.8. The molecule has 0 saturated carbocycles. The quantitative estimate of drug-likeness (QED) is 0.378. The molecule has 11 nitrogen and oxygen atoms in total. The van der Waals surface area contributed by atoms with Crippen molar-refractivity contribution in [3.8, 4) is 0 Å². The van der Waals surface area contributed by atoms with Crippen molar-refractivity contribution in [2.75, 3.05) is 19.5 Å². The summed E-state index contributed by atoms with van der Waals surface area (Å²) in [5.41, 5.74) is 4.98. The third-order valence-electron chi connectivity index (χ3n) is 3.64. The molecular formula is C11H15N5O6. The second-order valence-corrected chi connectivity index (χ2v) is 4.89. The van der Waals surface area contributed by atoms with Crippen LogP contribution in [0.3, 0.4) is 0 Å². The summed E-state index contributed by atoms with van der Waals surface area (Å²) in [4.78, 5) is 21.9. The van der Waals surface area contributed by atoms with Gasteiger partial charge in [-0.15, -0.1) is 0 Å². The number of hydrogen-bond donors (Lipinski definition) is 5. The standard InChI is InChI=1S/C11H15N5O6/c1-21-11(20)6(18)4(2-17)22-9(11)16-3-13-5-7(16)14-10(12)15-8(5)19/h3-4,6,9,17-18,20H,2H2,1H3,(H3,12,14,15,19)/t4-,6-,9-,11+/m1/s1. The molecular weight excluding hydrogens is 298 g/mol. The molecule has 0 bridgehead atoms. The van der Waals surface area contributed by atoms with Gasteiger partial charge in [0.05, 0.1) is 12.9 Å². The van der Waals surface area contributed by atoms with Gasteiger partial charge in [-0.05, 0) is 0 Å². The summed E-state index contributed by atoms with van der Waals surface area (Å²) >= 11 is 0. The molecule has 11 heteroatoms. The van der Waals surface area contributed by atoms with Crippen molar-refractivity contribution in [1.82, 2.24) is 19.5 Å². The Kier molecular flexibility index (Phi) is 3.38. The summed E-state index contributed by atoms with van der Waals surface area (Å²) in [5.74, 6) is -2.29. The van der Waals surface area contributed by atoms with E-state index in [4.69, 9.17) is 15.2 Å². The molecule has 6 N–H and O–H groups in total. The second-order valence-electron chi connectivity index (χ2n) is 4.89. The first-order valence-electron chi connectivity index (χ1n) is 6.36. The number of aliphatic hydroxyl groups is 3. The molecule has 120 valence electrons. The van der Waals surface area contributed by atoms with E-state index in [9.17, 15) is 20.1 Å². The maximum atomic E-state index is 11.8. The van der Waals surface area contributed by atoms with Crippen LogP contribution in [0, 0.1) is 0 Å². The van der Waals surface area contributed by atoms with E-state index in [0.29, 0.717) is 0 Å². The van der Waals surface area contributed by atoms with Gasteiger partial charge in [0.2, 0.25) is 11.7 Å². The van der Waals surface area contributed by atoms with Crippen LogP contribution in [0.25, 0.3) is 11.2 Å². The Morgan fingerprint density at radius 2 is 2.36 bits per heavy atom. The molecule has 2 aromatic rings. The zero-order valence-electron chi connectivity index (χ0n) is 11.5. The van der Waals surface area contributed by atoms with E-state index in [1.54, 1.807) is 0 Å². The third kappa shape index (κ3) is 1.91. The van der Waals surface area contributed by atoms with Crippen LogP contribution in [0.15, 0.2) is 11.1 Å². The minimum atomic E-state index is -2.15. The molecule has 0 radical (unpaired) electrons. The number of imidazole rings is 1. The van der Waals surface area contributed by atoms with Crippen molar-refractivity contribution >= 4 is 17.1 Å². The predicted octanol–water partition coefficient (Wildman–Crippen LogP) is -2.71. The monoisotopic (exact) mass is 313 g/mol. The highest BCUT2D eigenvalue weighted by Gasteiger charge is 2.57. The van der Waals surface area contributed by atoms with Crippen LogP contribution in [0.4, 0.5) is 5.95 Å². The Balaban J connectivity index is 2.16. The first-order chi connectivity index (χ1) is 10.4. The first-order valence-corrected chi connectivity index (χ1v) is 6.36. The molecule has 0 unspecified atom stereocenters. The number of methoxy groups -OCH3 is 1. The van der Waals surface area contributed by atoms with Gasteiger partial charge in [0.1, 0.15) is 12.2 Å². The average Bonchev–Trinajstić information content (AvgIpc) is 3.00. The van der Waals surface area contributed by atoms with Crippen molar-refractivity contribution in [3.63, 3.8) is 0 Å². The zero-order chi connectivity index (χ0) is 16.1. The van der Waals surface area contributed by atoms with Gasteiger partial charge in [-0.25, -0.2) is 4.98 Å². The van der Waals surface area contributed by atoms with Gasteiger partial charge in [0.15, 0.2) is 17.4 Å². The molecule has 0 aliphatic carbocycles. The number of rotatable bonds is 3. The van der Waals surface area contributed by atoms with Crippen LogP contribution in [0.1, 0.15) is 6.23 Å². The molecule has 3 heterocycles. The lowest BCUT2D eigenvalue weighted by molar-refractivity contribution is -0.264. The predicted molar refractivity (Wildman–Crippen MR) is 71.5 cm³/mol. The van der Waals surface area contributed by atoms with E-state index in [0.717, 1.165) is 0 Å². The fourth-order valence-corrected chi connectivity index (χ4v) is 2.49. The van der Waals surface area contributed by atoms with Crippen molar-refractivity contribution in [3.05, 3.63) is 16.7 Å². The molecule has 1 saturated heterocycles. The Morgan fingerprint density at radius 1 is 1.64 bits per heavy atom. The normalized spacial score (nSPS) is 31.9. The Morgan fingerprint density at radius 3 is 3.00 bits per heavy atom. The van der Waals surface area contributed by atoms with E-state index < -0.39 is 36.4 Å². The van der Waals surface area contributed by atoms with Gasteiger partial charge in [-0.3, -0.25) is 14.3 Å². The van der Waals surface area contributed by atoms with Crippen LogP contribution < -0.4 is 11.3 Å². The number of nitrogen functional groups attached to an aromatic ring is 1. The van der Waals surface area contributed by atoms with Crippen LogP contribution in [0.5, 0.6) is 0 Å². The molecule has 0 spiro atoms. The number of hydrogen-bond acceptors (Lipinski definition) is 9. The molecule has 1 aliphatic heterocycles. The maximum absolute atomic E-state index is 11.8. The van der Waals surface area contributed by atoms with E-state index in [2.05, 4.69) is 15.0 Å². The molecule has 1 aliphatic rings. The Labute approximate surface area is 122 Å². The number of nitrogens with one attached hydrogen (secondary N) is 1. The number of aromatic nitrogens is 4. The molecule has 0 aromatic carbocycles. The van der Waals surface area contributed by atoms with Crippen LogP contribution in [0.2, 0.25) is 0 Å². The minimum absolute atomic E-state index is 0.0156. The minimum Gasteiger partial charge on any atom is -0.394 e. The summed E-state index contributed by atoms with van der Waals surface area (Å²) in [6.45, 7) is -0.536. The van der Waals surface area contributed by atoms with Gasteiger partial charge < -0.3 is 30.5 Å². The number of H-pyrrole nitrogens is 1. The molecule has 4 atom stereocenters. The zero-order valence-corrected chi connectivity index (χ0v) is 11.5. The largest absolute Gasteiger partial charge is 0.394 e. The van der Waals surface area contributed by atoms with E-state index in [-0.39, 0.29) is 17.1 Å². The van der Waals surface area contributed by atoms with Gasteiger partial charge in [-0.2, -0.15) is 4.98 Å². The summed E-state index contributed by atoms with van der Waals surface area (Å²) in [6, 6.07) is 0. The van der Waals surface area contributed by atoms with Gasteiger partial charge in [0, 0.05) is 7.11 Å². The number of aliphatic hydroxyl groups excluding tert-OH is 2. The van der Waals surface area contributed by atoms with Gasteiger partial charge in [0.25, 0.3) is 5.56 Å². The Hall–Kier alpha value is -2.05. The smallest absolute Gasteiger partial charge is 0.280 e. The maximum Gasteiger partial charge on any atom is 0.280 e. The summed E-state index contributed by atoms with van der Waals surface area (Å²) < 4.78 is 11.6. The van der Waals surface area contributed by atoms with Crippen molar-refractivity contribution < 1.29 is 24.8 Å². The van der Waals surface area contributed by atoms with Crippen LogP contribution in [-0.2, 0) is 9.47 Å². The molecule has 2 aromatic heterocycles. The number of aromatic amines is 1. The fraction of sp³-hybridized carbons (Fsp3) is 0.545. The highest BCUT2D eigenvalue weighted by Crippen LogP contribution is 2.39. The van der Waals surface area contributed by atoms with Crippen LogP contribution in [-0.4, -0.2) is 66.6 Å². The van der Waals surface area contributed by atoms with E-state index in [1.807, 2.05) is 0 Å². The second kappa shape index (κ2) is 5.00. The lowest BCUT2D eigenvalue weighted by Gasteiger charge is -2.29. The van der Waals surface area contributed by atoms with Gasteiger partial charge >= 0.3 is 0 Å². The lowest BCUT2D eigenvalue weighted by Crippen LogP contribution is -2.48. The average molecular weight is 313 g/mol. The van der Waals surface area contributed by atoms with Crippen molar-refractivity contribution in [2.45, 2.75) is 24.2 Å². The summed E-state index contributed by atoms with van der Waals surface area (Å²) in [7, 11) is 1.17.